The molecule has 3 rings (SSSR count). The van der Waals surface area contributed by atoms with Crippen molar-refractivity contribution in [1.82, 2.24) is 14.8 Å². The maximum atomic E-state index is 13.0. The van der Waals surface area contributed by atoms with Gasteiger partial charge in [-0.15, -0.1) is 0 Å². The molecule has 0 fully saturated rings. The number of hydrogen-bond donors (Lipinski definition) is 1. The quantitative estimate of drug-likeness (QED) is 0.737. The van der Waals surface area contributed by atoms with Crippen LogP contribution in [0.4, 0.5) is 10.2 Å². The van der Waals surface area contributed by atoms with Crippen LogP contribution in [0.5, 0.6) is 0 Å². The number of carbonyl (C=O) groups excluding carboxylic acids is 2. The Balaban J connectivity index is 1.76. The second-order valence-electron chi connectivity index (χ2n) is 5.00. The van der Waals surface area contributed by atoms with Crippen molar-refractivity contribution in [3.05, 3.63) is 71.9 Å². The maximum absolute atomic E-state index is 13.0. The molecule has 0 atom stereocenters. The lowest BCUT2D eigenvalue weighted by Crippen LogP contribution is -2.15. The zero-order chi connectivity index (χ0) is 17.8. The average Bonchev–Trinajstić information content (AvgIpc) is 3.12. The van der Waals surface area contributed by atoms with E-state index in [0.29, 0.717) is 5.69 Å². The maximum Gasteiger partial charge on any atom is 0.338 e. The smallest absolute Gasteiger partial charge is 0.338 e. The summed E-state index contributed by atoms with van der Waals surface area (Å²) in [5, 5.41) is 6.70. The zero-order valence-electron chi connectivity index (χ0n) is 13.1. The number of methoxy groups -OCH3 is 1. The van der Waals surface area contributed by atoms with Crippen LogP contribution < -0.4 is 5.32 Å². The number of amides is 1. The number of nitrogens with one attached hydrogen (secondary N) is 1. The van der Waals surface area contributed by atoms with Crippen molar-refractivity contribution in [3.8, 4) is 5.69 Å². The highest BCUT2D eigenvalue weighted by Gasteiger charge is 2.13. The van der Waals surface area contributed by atoms with Gasteiger partial charge >= 0.3 is 5.97 Å². The van der Waals surface area contributed by atoms with Gasteiger partial charge in [-0.05, 0) is 42.5 Å². The Morgan fingerprint density at radius 2 is 1.92 bits per heavy atom. The standard InChI is InChI=1S/C17H13FN4O3/c1-25-17(24)11-6-8-19-15(10-11)20-16(23)14-7-9-22(21-14)13-4-2-12(18)3-5-13/h2-10H,1H3,(H,19,20,23). The van der Waals surface area contributed by atoms with E-state index in [9.17, 15) is 14.0 Å². The fraction of sp³-hybridized carbons (Fsp3) is 0.0588. The van der Waals surface area contributed by atoms with Crippen molar-refractivity contribution >= 4 is 17.7 Å². The molecule has 1 aromatic carbocycles. The summed E-state index contributed by atoms with van der Waals surface area (Å²) < 4.78 is 19.0. The SMILES string of the molecule is COC(=O)c1ccnc(NC(=O)c2ccn(-c3ccc(F)cc3)n2)c1. The molecule has 0 radical (unpaired) electrons. The van der Waals surface area contributed by atoms with Gasteiger partial charge < -0.3 is 10.1 Å². The molecule has 0 bridgehead atoms. The minimum atomic E-state index is -0.529. The van der Waals surface area contributed by atoms with E-state index < -0.39 is 11.9 Å². The number of rotatable bonds is 4. The molecule has 7 nitrogen and oxygen atoms in total. The third kappa shape index (κ3) is 3.69. The molecule has 25 heavy (non-hydrogen) atoms. The van der Waals surface area contributed by atoms with Crippen molar-refractivity contribution in [2.45, 2.75) is 0 Å². The molecule has 8 heteroatoms. The number of ether oxygens (including phenoxy) is 1. The fourth-order valence-corrected chi connectivity index (χ4v) is 2.11. The Morgan fingerprint density at radius 3 is 2.64 bits per heavy atom. The van der Waals surface area contributed by atoms with Crippen LogP contribution in [0.2, 0.25) is 0 Å². The van der Waals surface area contributed by atoms with Gasteiger partial charge in [-0.1, -0.05) is 0 Å². The topological polar surface area (TPSA) is 86.1 Å². The molecule has 0 aliphatic heterocycles. The predicted octanol–water partition coefficient (Wildman–Crippen LogP) is 2.45. The van der Waals surface area contributed by atoms with Gasteiger partial charge in [-0.3, -0.25) is 4.79 Å². The lowest BCUT2D eigenvalue weighted by molar-refractivity contribution is 0.0600. The summed E-state index contributed by atoms with van der Waals surface area (Å²) in [6.45, 7) is 0. The van der Waals surface area contributed by atoms with Crippen LogP contribution in [-0.4, -0.2) is 33.8 Å². The lowest BCUT2D eigenvalue weighted by atomic mass is 10.2. The number of aromatic nitrogens is 3. The molecular formula is C17H13FN4O3. The van der Waals surface area contributed by atoms with Crippen molar-refractivity contribution in [2.24, 2.45) is 0 Å². The molecule has 2 aromatic heterocycles. The number of benzene rings is 1. The second kappa shape index (κ2) is 6.91. The van der Waals surface area contributed by atoms with Gasteiger partial charge in [0.2, 0.25) is 0 Å². The van der Waals surface area contributed by atoms with Crippen molar-refractivity contribution in [3.63, 3.8) is 0 Å². The number of hydrogen-bond acceptors (Lipinski definition) is 5. The van der Waals surface area contributed by atoms with Gasteiger partial charge in [0.25, 0.3) is 5.91 Å². The van der Waals surface area contributed by atoms with E-state index in [1.54, 1.807) is 18.3 Å². The van der Waals surface area contributed by atoms with E-state index in [1.165, 1.54) is 48.3 Å². The molecule has 3 aromatic rings. The van der Waals surface area contributed by atoms with E-state index in [2.05, 4.69) is 20.1 Å². The van der Waals surface area contributed by atoms with E-state index >= 15 is 0 Å². The molecule has 0 saturated heterocycles. The number of nitrogens with zero attached hydrogens (tertiary/aromatic N) is 3. The van der Waals surface area contributed by atoms with Crippen LogP contribution in [0, 0.1) is 5.82 Å². The zero-order valence-corrected chi connectivity index (χ0v) is 13.1. The van der Waals surface area contributed by atoms with Gasteiger partial charge in [0, 0.05) is 12.4 Å². The van der Waals surface area contributed by atoms with Crippen molar-refractivity contribution in [2.75, 3.05) is 12.4 Å². The summed E-state index contributed by atoms with van der Waals surface area (Å²) in [5.41, 5.74) is 1.03. The van der Waals surface area contributed by atoms with Crippen LogP contribution in [0.25, 0.3) is 5.69 Å². The van der Waals surface area contributed by atoms with E-state index in [1.807, 2.05) is 0 Å². The fourth-order valence-electron chi connectivity index (χ4n) is 2.11. The Bertz CT molecular complexity index is 922. The first kappa shape index (κ1) is 16.3. The van der Waals surface area contributed by atoms with E-state index in [-0.39, 0.29) is 22.9 Å². The molecule has 0 aliphatic rings. The molecule has 2 heterocycles. The minimum Gasteiger partial charge on any atom is -0.465 e. The Labute approximate surface area is 142 Å². The van der Waals surface area contributed by atoms with Crippen LogP contribution in [0.3, 0.4) is 0 Å². The van der Waals surface area contributed by atoms with Crippen LogP contribution >= 0.6 is 0 Å². The van der Waals surface area contributed by atoms with Gasteiger partial charge in [-0.2, -0.15) is 5.10 Å². The summed E-state index contributed by atoms with van der Waals surface area (Å²) in [4.78, 5) is 27.7. The number of carbonyl (C=O) groups is 2. The van der Waals surface area contributed by atoms with Crippen molar-refractivity contribution < 1.29 is 18.7 Å². The summed E-state index contributed by atoms with van der Waals surface area (Å²) in [5.74, 6) is -1.18. The van der Waals surface area contributed by atoms with Gasteiger partial charge in [-0.25, -0.2) is 18.9 Å². The first-order valence-electron chi connectivity index (χ1n) is 7.24. The van der Waals surface area contributed by atoms with Gasteiger partial charge in [0.05, 0.1) is 18.4 Å². The average molecular weight is 340 g/mol. The highest BCUT2D eigenvalue weighted by Crippen LogP contribution is 2.12. The van der Waals surface area contributed by atoms with Crippen molar-refractivity contribution in [1.29, 1.82) is 0 Å². The molecule has 0 aliphatic carbocycles. The molecule has 0 spiro atoms. The van der Waals surface area contributed by atoms with Gasteiger partial charge in [0.15, 0.2) is 5.69 Å². The number of halogens is 1. The first-order chi connectivity index (χ1) is 12.1. The van der Waals surface area contributed by atoms with Gasteiger partial charge in [0.1, 0.15) is 11.6 Å². The number of anilines is 1. The Morgan fingerprint density at radius 1 is 1.16 bits per heavy atom. The van der Waals surface area contributed by atoms with E-state index in [4.69, 9.17) is 0 Å². The minimum absolute atomic E-state index is 0.148. The molecule has 1 amide bonds. The third-order valence-corrected chi connectivity index (χ3v) is 3.34. The normalized spacial score (nSPS) is 10.3. The Kier molecular flexibility index (Phi) is 4.51. The van der Waals surface area contributed by atoms with Crippen LogP contribution in [-0.2, 0) is 4.74 Å². The second-order valence-corrected chi connectivity index (χ2v) is 5.00. The monoisotopic (exact) mass is 340 g/mol. The van der Waals surface area contributed by atoms with Crippen LogP contribution in [0.1, 0.15) is 20.8 Å². The summed E-state index contributed by atoms with van der Waals surface area (Å²) in [7, 11) is 1.27. The largest absolute Gasteiger partial charge is 0.465 e. The lowest BCUT2D eigenvalue weighted by Gasteiger charge is -2.04. The molecular weight excluding hydrogens is 327 g/mol. The molecule has 126 valence electrons. The highest BCUT2D eigenvalue weighted by molar-refractivity contribution is 6.02. The first-order valence-corrected chi connectivity index (χ1v) is 7.24. The third-order valence-electron chi connectivity index (χ3n) is 3.34. The van der Waals surface area contributed by atoms with E-state index in [0.717, 1.165) is 0 Å². The predicted molar refractivity (Wildman–Crippen MR) is 87.1 cm³/mol. The molecule has 0 saturated carbocycles. The number of pyridine rings is 1. The van der Waals surface area contributed by atoms with Crippen LogP contribution in [0.15, 0.2) is 54.9 Å². The summed E-state index contributed by atoms with van der Waals surface area (Å²) in [6.07, 6.45) is 2.97. The molecule has 1 N–H and O–H groups in total. The highest BCUT2D eigenvalue weighted by atomic mass is 19.1. The Hall–Kier alpha value is -3.55. The summed E-state index contributed by atoms with van der Waals surface area (Å²) in [6, 6.07) is 10.1. The number of esters is 1. The summed E-state index contributed by atoms with van der Waals surface area (Å²) >= 11 is 0. The molecule has 0 unspecified atom stereocenters.